The highest BCUT2D eigenvalue weighted by Crippen LogP contribution is 2.21. The van der Waals surface area contributed by atoms with E-state index < -0.39 is 0 Å². The average Bonchev–Trinajstić information content (AvgIpc) is 2.20. The standard InChI is InChI=1S/C13H19ClO/c1-3-4-9-15-13-8-6-5-7-12(13)10-11(2)14/h5-8,11H,3-4,9-10H2,1-2H3. The molecule has 0 heterocycles. The van der Waals surface area contributed by atoms with Crippen LogP contribution in [0.15, 0.2) is 24.3 Å². The van der Waals surface area contributed by atoms with Crippen molar-refractivity contribution in [2.75, 3.05) is 6.61 Å². The van der Waals surface area contributed by atoms with Gasteiger partial charge in [0.05, 0.1) is 6.61 Å². The highest BCUT2D eigenvalue weighted by atomic mass is 35.5. The smallest absolute Gasteiger partial charge is 0.122 e. The van der Waals surface area contributed by atoms with E-state index in [0.717, 1.165) is 31.6 Å². The minimum atomic E-state index is 0.154. The molecule has 0 aliphatic heterocycles. The predicted octanol–water partition coefficient (Wildman–Crippen LogP) is 4.04. The first-order valence-electron chi connectivity index (χ1n) is 5.58. The summed E-state index contributed by atoms with van der Waals surface area (Å²) >= 11 is 5.99. The summed E-state index contributed by atoms with van der Waals surface area (Å²) in [6.45, 7) is 4.96. The van der Waals surface area contributed by atoms with E-state index in [9.17, 15) is 0 Å². The second kappa shape index (κ2) is 6.73. The summed E-state index contributed by atoms with van der Waals surface area (Å²) in [7, 11) is 0. The third kappa shape index (κ3) is 4.57. The summed E-state index contributed by atoms with van der Waals surface area (Å²) in [5, 5.41) is 0.154. The van der Waals surface area contributed by atoms with Crippen LogP contribution >= 0.6 is 11.6 Å². The first kappa shape index (κ1) is 12.4. The van der Waals surface area contributed by atoms with Gasteiger partial charge in [-0.15, -0.1) is 11.6 Å². The number of ether oxygens (including phenoxy) is 1. The van der Waals surface area contributed by atoms with Crippen LogP contribution in [0.1, 0.15) is 32.3 Å². The SMILES string of the molecule is CCCCOc1ccccc1CC(C)Cl. The Hall–Kier alpha value is -0.690. The lowest BCUT2D eigenvalue weighted by atomic mass is 10.1. The van der Waals surface area contributed by atoms with E-state index >= 15 is 0 Å². The van der Waals surface area contributed by atoms with Crippen molar-refractivity contribution >= 4 is 11.6 Å². The number of alkyl halides is 1. The van der Waals surface area contributed by atoms with E-state index in [1.807, 2.05) is 25.1 Å². The van der Waals surface area contributed by atoms with E-state index in [1.54, 1.807) is 0 Å². The minimum Gasteiger partial charge on any atom is -0.493 e. The zero-order valence-electron chi connectivity index (χ0n) is 9.50. The van der Waals surface area contributed by atoms with Crippen molar-refractivity contribution in [3.05, 3.63) is 29.8 Å². The molecule has 0 amide bonds. The Bertz CT molecular complexity index is 284. The van der Waals surface area contributed by atoms with Gasteiger partial charge in [0.25, 0.3) is 0 Å². The molecule has 0 aliphatic carbocycles. The van der Waals surface area contributed by atoms with Crippen molar-refractivity contribution in [1.29, 1.82) is 0 Å². The molecular weight excluding hydrogens is 208 g/mol. The van der Waals surface area contributed by atoms with Crippen LogP contribution in [0.2, 0.25) is 0 Å². The molecule has 0 radical (unpaired) electrons. The highest BCUT2D eigenvalue weighted by Gasteiger charge is 2.05. The van der Waals surface area contributed by atoms with Crippen LogP contribution in [0.4, 0.5) is 0 Å². The van der Waals surface area contributed by atoms with Gasteiger partial charge in [-0.1, -0.05) is 31.5 Å². The van der Waals surface area contributed by atoms with Crippen LogP contribution in [-0.2, 0) is 6.42 Å². The summed E-state index contributed by atoms with van der Waals surface area (Å²) in [6, 6.07) is 8.13. The Kier molecular flexibility index (Phi) is 5.56. The lowest BCUT2D eigenvalue weighted by molar-refractivity contribution is 0.306. The largest absolute Gasteiger partial charge is 0.493 e. The fourth-order valence-corrected chi connectivity index (χ4v) is 1.61. The second-order valence-corrected chi connectivity index (χ2v) is 4.54. The van der Waals surface area contributed by atoms with Crippen molar-refractivity contribution < 1.29 is 4.74 Å². The Labute approximate surface area is 97.4 Å². The monoisotopic (exact) mass is 226 g/mol. The molecule has 1 aromatic rings. The van der Waals surface area contributed by atoms with E-state index in [-0.39, 0.29) is 5.38 Å². The lowest BCUT2D eigenvalue weighted by Crippen LogP contribution is -2.03. The molecule has 84 valence electrons. The van der Waals surface area contributed by atoms with Crippen LogP contribution in [0, 0.1) is 0 Å². The van der Waals surface area contributed by atoms with Crippen LogP contribution in [0.5, 0.6) is 5.75 Å². The number of halogens is 1. The quantitative estimate of drug-likeness (QED) is 0.526. The van der Waals surface area contributed by atoms with Gasteiger partial charge >= 0.3 is 0 Å². The first-order chi connectivity index (χ1) is 7.24. The maximum atomic E-state index is 5.99. The van der Waals surface area contributed by atoms with E-state index in [1.165, 1.54) is 5.56 Å². The highest BCUT2D eigenvalue weighted by molar-refractivity contribution is 6.20. The van der Waals surface area contributed by atoms with Gasteiger partial charge in [-0.3, -0.25) is 0 Å². The Morgan fingerprint density at radius 3 is 2.73 bits per heavy atom. The van der Waals surface area contributed by atoms with Crippen LogP contribution in [0.3, 0.4) is 0 Å². The van der Waals surface area contributed by atoms with E-state index in [4.69, 9.17) is 16.3 Å². The number of unbranched alkanes of at least 4 members (excludes halogenated alkanes) is 1. The number of rotatable bonds is 6. The number of hydrogen-bond donors (Lipinski definition) is 0. The Morgan fingerprint density at radius 1 is 1.33 bits per heavy atom. The van der Waals surface area contributed by atoms with Gasteiger partial charge in [0.1, 0.15) is 5.75 Å². The summed E-state index contributed by atoms with van der Waals surface area (Å²) in [4.78, 5) is 0. The van der Waals surface area contributed by atoms with Crippen LogP contribution < -0.4 is 4.74 Å². The summed E-state index contributed by atoms with van der Waals surface area (Å²) in [6.07, 6.45) is 3.13. The maximum Gasteiger partial charge on any atom is 0.122 e. The van der Waals surface area contributed by atoms with Crippen molar-refractivity contribution in [3.63, 3.8) is 0 Å². The molecular formula is C13H19ClO. The molecule has 0 saturated carbocycles. The number of benzene rings is 1. The molecule has 0 spiro atoms. The molecule has 0 bridgehead atoms. The Balaban J connectivity index is 2.60. The van der Waals surface area contributed by atoms with E-state index in [0.29, 0.717) is 0 Å². The fraction of sp³-hybridized carbons (Fsp3) is 0.538. The van der Waals surface area contributed by atoms with Gasteiger partial charge in [-0.25, -0.2) is 0 Å². The first-order valence-corrected chi connectivity index (χ1v) is 6.02. The third-order valence-electron chi connectivity index (χ3n) is 2.23. The number of hydrogen-bond acceptors (Lipinski definition) is 1. The second-order valence-electron chi connectivity index (χ2n) is 3.79. The molecule has 0 aromatic heterocycles. The molecule has 0 fully saturated rings. The van der Waals surface area contributed by atoms with Gasteiger partial charge in [-0.2, -0.15) is 0 Å². The molecule has 0 N–H and O–H groups in total. The molecule has 1 aromatic carbocycles. The van der Waals surface area contributed by atoms with Crippen molar-refractivity contribution in [2.24, 2.45) is 0 Å². The summed E-state index contributed by atoms with van der Waals surface area (Å²) < 4.78 is 5.72. The van der Waals surface area contributed by atoms with E-state index in [2.05, 4.69) is 13.0 Å². The topological polar surface area (TPSA) is 9.23 Å². The maximum absolute atomic E-state index is 5.99. The van der Waals surface area contributed by atoms with Crippen molar-refractivity contribution in [3.8, 4) is 5.75 Å². The molecule has 1 atom stereocenters. The van der Waals surface area contributed by atoms with Gasteiger partial charge in [-0.05, 0) is 31.4 Å². The minimum absolute atomic E-state index is 0.154. The molecule has 1 nitrogen and oxygen atoms in total. The number of para-hydroxylation sites is 1. The van der Waals surface area contributed by atoms with Crippen molar-refractivity contribution in [2.45, 2.75) is 38.5 Å². The summed E-state index contributed by atoms with van der Waals surface area (Å²) in [5.41, 5.74) is 1.20. The molecule has 1 unspecified atom stereocenters. The van der Waals surface area contributed by atoms with Crippen molar-refractivity contribution in [1.82, 2.24) is 0 Å². The zero-order valence-corrected chi connectivity index (χ0v) is 10.3. The molecule has 2 heteroatoms. The average molecular weight is 227 g/mol. The van der Waals surface area contributed by atoms with Gasteiger partial charge in [0, 0.05) is 5.38 Å². The third-order valence-corrected chi connectivity index (χ3v) is 2.38. The van der Waals surface area contributed by atoms with Gasteiger partial charge in [0.15, 0.2) is 0 Å². The van der Waals surface area contributed by atoms with Gasteiger partial charge in [0.2, 0.25) is 0 Å². The molecule has 1 rings (SSSR count). The normalized spacial score (nSPS) is 12.5. The predicted molar refractivity (Wildman–Crippen MR) is 65.9 cm³/mol. The lowest BCUT2D eigenvalue weighted by Gasteiger charge is -2.11. The zero-order chi connectivity index (χ0) is 11.1. The fourth-order valence-electron chi connectivity index (χ4n) is 1.44. The molecule has 15 heavy (non-hydrogen) atoms. The molecule has 0 aliphatic rings. The van der Waals surface area contributed by atoms with Crippen LogP contribution in [-0.4, -0.2) is 12.0 Å². The van der Waals surface area contributed by atoms with Crippen LogP contribution in [0.25, 0.3) is 0 Å². The Morgan fingerprint density at radius 2 is 2.07 bits per heavy atom. The summed E-state index contributed by atoms with van der Waals surface area (Å²) in [5.74, 6) is 0.985. The van der Waals surface area contributed by atoms with Gasteiger partial charge < -0.3 is 4.74 Å². The molecule has 0 saturated heterocycles.